The van der Waals surface area contributed by atoms with Gasteiger partial charge >= 0.3 is 6.09 Å². The molecule has 1 saturated heterocycles. The van der Waals surface area contributed by atoms with Gasteiger partial charge < -0.3 is 19.9 Å². The van der Waals surface area contributed by atoms with Crippen LogP contribution in [0.25, 0.3) is 11.1 Å². The second-order valence-electron chi connectivity index (χ2n) is 7.87. The van der Waals surface area contributed by atoms with Crippen molar-refractivity contribution >= 4 is 34.4 Å². The minimum absolute atomic E-state index is 0. The van der Waals surface area contributed by atoms with Crippen molar-refractivity contribution < 1.29 is 9.53 Å². The first-order valence-corrected chi connectivity index (χ1v) is 11.1. The number of H-pyrrole nitrogens is 1. The summed E-state index contributed by atoms with van der Waals surface area (Å²) in [5.41, 5.74) is 5.58. The molecule has 1 atom stereocenters. The number of nitrogens with one attached hydrogen (secondary N) is 2. The van der Waals surface area contributed by atoms with E-state index in [2.05, 4.69) is 50.5 Å². The lowest BCUT2D eigenvalue weighted by molar-refractivity contribution is 0.0882. The van der Waals surface area contributed by atoms with Crippen LogP contribution in [0.2, 0.25) is 0 Å². The number of piperazine rings is 1. The predicted molar refractivity (Wildman–Crippen MR) is 129 cm³/mol. The van der Waals surface area contributed by atoms with Crippen LogP contribution in [0, 0.1) is 0 Å². The number of rotatable bonds is 3. The summed E-state index contributed by atoms with van der Waals surface area (Å²) < 4.78 is 6.28. The van der Waals surface area contributed by atoms with Crippen molar-refractivity contribution in [2.45, 2.75) is 12.0 Å². The molecular formula is C24H23BrClN3O3. The first-order valence-electron chi connectivity index (χ1n) is 10.3. The Labute approximate surface area is 200 Å². The monoisotopic (exact) mass is 515 g/mol. The van der Waals surface area contributed by atoms with Crippen LogP contribution in [0.5, 0.6) is 0 Å². The summed E-state index contributed by atoms with van der Waals surface area (Å²) in [6, 6.07) is 18.3. The van der Waals surface area contributed by atoms with Gasteiger partial charge in [0.1, 0.15) is 6.61 Å². The number of ether oxygens (including phenoxy) is 1. The van der Waals surface area contributed by atoms with E-state index >= 15 is 0 Å². The van der Waals surface area contributed by atoms with E-state index in [0.29, 0.717) is 30.7 Å². The zero-order valence-corrected chi connectivity index (χ0v) is 19.6. The molecule has 2 N–H and O–H groups in total. The number of carbonyl (C=O) groups excluding carboxylic acids is 1. The Bertz CT molecular complexity index is 1150. The highest BCUT2D eigenvalue weighted by Crippen LogP contribution is 2.44. The average Bonchev–Trinajstić information content (AvgIpc) is 3.13. The van der Waals surface area contributed by atoms with Crippen molar-refractivity contribution in [2.75, 3.05) is 26.2 Å². The van der Waals surface area contributed by atoms with Crippen LogP contribution in [0.1, 0.15) is 28.7 Å². The van der Waals surface area contributed by atoms with E-state index in [1.54, 1.807) is 17.2 Å². The highest BCUT2D eigenvalue weighted by atomic mass is 79.9. The van der Waals surface area contributed by atoms with Gasteiger partial charge in [-0.3, -0.25) is 4.79 Å². The molecule has 8 heteroatoms. The maximum absolute atomic E-state index is 12.9. The van der Waals surface area contributed by atoms with E-state index in [-0.39, 0.29) is 36.0 Å². The Kier molecular flexibility index (Phi) is 6.69. The summed E-state index contributed by atoms with van der Waals surface area (Å²) >= 11 is 3.27. The summed E-state index contributed by atoms with van der Waals surface area (Å²) in [6.07, 6.45) is 1.38. The molecule has 0 saturated carbocycles. The molecule has 0 spiro atoms. The predicted octanol–water partition coefficient (Wildman–Crippen LogP) is 4.45. The number of hydrogen-bond donors (Lipinski definition) is 2. The fourth-order valence-corrected chi connectivity index (χ4v) is 4.88. The van der Waals surface area contributed by atoms with Gasteiger partial charge in [0.25, 0.3) is 5.56 Å². The number of aromatic amines is 1. The van der Waals surface area contributed by atoms with E-state index in [9.17, 15) is 9.59 Å². The summed E-state index contributed by atoms with van der Waals surface area (Å²) in [7, 11) is 0. The quantitative estimate of drug-likeness (QED) is 0.539. The number of aromatic nitrogens is 1. The third-order valence-corrected chi connectivity index (χ3v) is 6.64. The number of halogens is 2. The highest BCUT2D eigenvalue weighted by molar-refractivity contribution is 9.10. The fraction of sp³-hybridized carbons (Fsp3) is 0.250. The Morgan fingerprint density at radius 3 is 2.41 bits per heavy atom. The Morgan fingerprint density at radius 2 is 1.75 bits per heavy atom. The van der Waals surface area contributed by atoms with Gasteiger partial charge in [-0.05, 0) is 49.8 Å². The van der Waals surface area contributed by atoms with E-state index in [4.69, 9.17) is 4.74 Å². The number of carbonyl (C=O) groups is 1. The molecule has 32 heavy (non-hydrogen) atoms. The maximum Gasteiger partial charge on any atom is 0.409 e. The third-order valence-electron chi connectivity index (χ3n) is 6.05. The lowest BCUT2D eigenvalue weighted by Gasteiger charge is -2.33. The van der Waals surface area contributed by atoms with Crippen molar-refractivity contribution in [2.24, 2.45) is 0 Å². The van der Waals surface area contributed by atoms with E-state index in [1.807, 2.05) is 24.3 Å². The fourth-order valence-electron chi connectivity index (χ4n) is 4.50. The summed E-state index contributed by atoms with van der Waals surface area (Å²) in [6.45, 7) is 2.03. The SMILES string of the molecule is Cl.O=C(OCC1c2ccccc2-c2ccccc21)N1CCNC(c2c[nH]c(=O)c(Br)c2)C1. The molecule has 1 fully saturated rings. The summed E-state index contributed by atoms with van der Waals surface area (Å²) in [5.74, 6) is 0.0465. The van der Waals surface area contributed by atoms with Gasteiger partial charge in [0.05, 0.1) is 10.5 Å². The molecule has 2 heterocycles. The van der Waals surface area contributed by atoms with E-state index in [1.165, 1.54) is 22.3 Å². The normalized spacial score (nSPS) is 17.3. The molecule has 2 aliphatic rings. The lowest BCUT2D eigenvalue weighted by atomic mass is 9.98. The van der Waals surface area contributed by atoms with Gasteiger partial charge in [-0.15, -0.1) is 12.4 Å². The Balaban J connectivity index is 0.00000245. The zero-order valence-electron chi connectivity index (χ0n) is 17.2. The number of fused-ring (bicyclic) bond motifs is 3. The number of amides is 1. The van der Waals surface area contributed by atoms with Crippen molar-refractivity contribution in [3.8, 4) is 11.1 Å². The molecule has 166 valence electrons. The maximum atomic E-state index is 12.9. The molecule has 5 rings (SSSR count). The van der Waals surface area contributed by atoms with Crippen LogP contribution in [0.15, 0.2) is 70.1 Å². The summed E-state index contributed by atoms with van der Waals surface area (Å²) in [5, 5.41) is 3.40. The van der Waals surface area contributed by atoms with Gasteiger partial charge in [-0.25, -0.2) is 4.79 Å². The molecular weight excluding hydrogens is 494 g/mol. The molecule has 3 aromatic rings. The van der Waals surface area contributed by atoms with Crippen molar-refractivity contribution in [1.29, 1.82) is 0 Å². The molecule has 6 nitrogen and oxygen atoms in total. The van der Waals surface area contributed by atoms with Crippen LogP contribution in [0.3, 0.4) is 0 Å². The van der Waals surface area contributed by atoms with Crippen molar-refractivity contribution in [1.82, 2.24) is 15.2 Å². The lowest BCUT2D eigenvalue weighted by Crippen LogP contribution is -2.48. The minimum Gasteiger partial charge on any atom is -0.448 e. The topological polar surface area (TPSA) is 74.4 Å². The largest absolute Gasteiger partial charge is 0.448 e. The van der Waals surface area contributed by atoms with E-state index in [0.717, 1.165) is 5.56 Å². The molecule has 0 bridgehead atoms. The van der Waals surface area contributed by atoms with Gasteiger partial charge in [0.2, 0.25) is 0 Å². The third kappa shape index (κ3) is 4.20. The van der Waals surface area contributed by atoms with Gasteiger partial charge in [0, 0.05) is 31.7 Å². The molecule has 0 radical (unpaired) electrons. The second-order valence-corrected chi connectivity index (χ2v) is 8.72. The number of hydrogen-bond acceptors (Lipinski definition) is 4. The Morgan fingerprint density at radius 1 is 1.09 bits per heavy atom. The van der Waals surface area contributed by atoms with Gasteiger partial charge in [-0.2, -0.15) is 0 Å². The molecule has 1 aliphatic carbocycles. The highest BCUT2D eigenvalue weighted by Gasteiger charge is 2.31. The number of pyridine rings is 1. The van der Waals surface area contributed by atoms with E-state index < -0.39 is 0 Å². The van der Waals surface area contributed by atoms with Gasteiger partial charge in [0.15, 0.2) is 0 Å². The summed E-state index contributed by atoms with van der Waals surface area (Å²) in [4.78, 5) is 28.9. The molecule has 1 unspecified atom stereocenters. The molecule has 2 aromatic carbocycles. The standard InChI is InChI=1S/C24H22BrN3O3.ClH/c25-21-11-15(12-27-23(21)29)22-13-28(10-9-26-22)24(30)31-14-20-18-7-3-1-5-16(18)17-6-2-4-8-19(17)20;/h1-8,11-12,20,22,26H,9-10,13-14H2,(H,27,29);1H. The van der Waals surface area contributed by atoms with Crippen molar-refractivity contribution in [3.05, 3.63) is 92.3 Å². The first kappa shape index (κ1) is 22.6. The number of benzene rings is 2. The van der Waals surface area contributed by atoms with Crippen LogP contribution >= 0.6 is 28.3 Å². The Hall–Kier alpha value is -2.61. The van der Waals surface area contributed by atoms with Crippen LogP contribution in [-0.2, 0) is 4.74 Å². The average molecular weight is 517 g/mol. The zero-order chi connectivity index (χ0) is 21.4. The number of nitrogens with zero attached hydrogens (tertiary/aromatic N) is 1. The van der Waals surface area contributed by atoms with Gasteiger partial charge in [-0.1, -0.05) is 48.5 Å². The minimum atomic E-state index is -0.308. The molecule has 1 amide bonds. The smallest absolute Gasteiger partial charge is 0.409 e. The second kappa shape index (κ2) is 9.48. The van der Waals surface area contributed by atoms with Crippen molar-refractivity contribution in [3.63, 3.8) is 0 Å². The van der Waals surface area contributed by atoms with Crippen LogP contribution < -0.4 is 10.9 Å². The van der Waals surface area contributed by atoms with Crippen LogP contribution in [-0.4, -0.2) is 42.2 Å². The first-order chi connectivity index (χ1) is 15.1. The van der Waals surface area contributed by atoms with Crippen LogP contribution in [0.4, 0.5) is 4.79 Å². The molecule has 1 aliphatic heterocycles. The molecule has 1 aromatic heterocycles.